The molecule has 0 fully saturated rings. The monoisotopic (exact) mass is 426 g/mol. The third-order valence-electron chi connectivity index (χ3n) is 4.35. The van der Waals surface area contributed by atoms with Crippen LogP contribution in [0.1, 0.15) is 77.6 Å². The van der Waals surface area contributed by atoms with E-state index in [0.29, 0.717) is 11.0 Å². The van der Waals surface area contributed by atoms with Crippen LogP contribution in [0.4, 0.5) is 0 Å². The third kappa shape index (κ3) is 22.6. The van der Waals surface area contributed by atoms with Gasteiger partial charge in [-0.3, -0.25) is 9.05 Å². The summed E-state index contributed by atoms with van der Waals surface area (Å²) in [5.41, 5.74) is 0. The van der Waals surface area contributed by atoms with Crippen LogP contribution in [-0.2, 0) is 13.6 Å². The van der Waals surface area contributed by atoms with Crippen LogP contribution in [0.2, 0.25) is 0 Å². The zero-order chi connectivity index (χ0) is 20.4. The van der Waals surface area contributed by atoms with Gasteiger partial charge in [0.15, 0.2) is 0 Å². The molecular weight excluding hydrogens is 381 g/mol. The van der Waals surface area contributed by atoms with Gasteiger partial charge in [0.2, 0.25) is 0 Å². The first-order valence-corrected chi connectivity index (χ1v) is 13.4. The second-order valence-corrected chi connectivity index (χ2v) is 11.0. The number of nitrogens with zero attached hydrogens (tertiary/aromatic N) is 1. The van der Waals surface area contributed by atoms with E-state index >= 15 is 0 Å². The van der Waals surface area contributed by atoms with E-state index in [1.807, 2.05) is 32.9 Å². The molecular formula is C20H45NO4PS+. The summed E-state index contributed by atoms with van der Waals surface area (Å²) in [6.45, 7) is 3.44. The normalized spacial score (nSPS) is 14.4. The summed E-state index contributed by atoms with van der Waals surface area (Å²) < 4.78 is 22.4. The van der Waals surface area contributed by atoms with Gasteiger partial charge in [-0.05, 0) is 24.3 Å². The van der Waals surface area contributed by atoms with Crippen molar-refractivity contribution in [2.75, 3.05) is 52.4 Å². The van der Waals surface area contributed by atoms with Crippen molar-refractivity contribution >= 4 is 19.6 Å². The molecule has 5 nitrogen and oxygen atoms in total. The van der Waals surface area contributed by atoms with Crippen molar-refractivity contribution in [3.05, 3.63) is 0 Å². The van der Waals surface area contributed by atoms with Gasteiger partial charge in [0.25, 0.3) is 0 Å². The number of quaternary nitrogens is 1. The van der Waals surface area contributed by atoms with Crippen LogP contribution >= 0.6 is 19.6 Å². The van der Waals surface area contributed by atoms with Crippen LogP contribution in [0.5, 0.6) is 0 Å². The summed E-state index contributed by atoms with van der Waals surface area (Å²) in [6.07, 6.45) is 14.5. The number of phosphoric ester groups is 1. The summed E-state index contributed by atoms with van der Waals surface area (Å²) in [6, 6.07) is 0. The van der Waals surface area contributed by atoms with Crippen molar-refractivity contribution in [1.29, 1.82) is 0 Å². The lowest BCUT2D eigenvalue weighted by Gasteiger charge is -2.24. The predicted molar refractivity (Wildman–Crippen MR) is 118 cm³/mol. The van der Waals surface area contributed by atoms with Crippen LogP contribution < -0.4 is 0 Å². The minimum atomic E-state index is -3.88. The van der Waals surface area contributed by atoms with Crippen LogP contribution in [0.15, 0.2) is 0 Å². The van der Waals surface area contributed by atoms with E-state index in [-0.39, 0.29) is 13.2 Å². The van der Waals surface area contributed by atoms with E-state index in [0.717, 1.165) is 12.2 Å². The maximum absolute atomic E-state index is 11.7. The van der Waals surface area contributed by atoms with Crippen LogP contribution in [0, 0.1) is 0 Å². The fourth-order valence-electron chi connectivity index (χ4n) is 2.60. The first-order valence-electron chi connectivity index (χ1n) is 10.8. The Bertz CT molecular complexity index is 377. The molecule has 0 saturated heterocycles. The molecule has 27 heavy (non-hydrogen) atoms. The minimum Gasteiger partial charge on any atom is -0.329 e. The topological polar surface area (TPSA) is 55.8 Å². The van der Waals surface area contributed by atoms with Gasteiger partial charge in [0, 0.05) is 0 Å². The molecule has 1 N–H and O–H groups in total. The highest BCUT2D eigenvalue weighted by Gasteiger charge is 2.21. The lowest BCUT2D eigenvalue weighted by atomic mass is 10.1. The molecule has 0 rings (SSSR count). The Morgan fingerprint density at radius 1 is 0.778 bits per heavy atom. The first kappa shape index (κ1) is 27.4. The standard InChI is InChI=1S/C20H44NO4PS/c1-5-6-7-8-9-10-11-12-13-14-19-27-20-15-17-24-26(22,23)25-18-16-21(2,3)4/h5-20H2,1-4H3/p+1. The smallest absolute Gasteiger partial charge is 0.329 e. The fraction of sp³-hybridized carbons (Fsp3) is 1.00. The van der Waals surface area contributed by atoms with Gasteiger partial charge in [0.05, 0.1) is 27.7 Å². The molecule has 0 heterocycles. The Morgan fingerprint density at radius 2 is 1.26 bits per heavy atom. The minimum absolute atomic E-state index is 0.227. The molecule has 7 heteroatoms. The Hall–Kier alpha value is 0.420. The van der Waals surface area contributed by atoms with Gasteiger partial charge in [-0.15, -0.1) is 0 Å². The maximum Gasteiger partial charge on any atom is 0.472 e. The van der Waals surface area contributed by atoms with Crippen molar-refractivity contribution in [3.63, 3.8) is 0 Å². The Kier molecular flexibility index (Phi) is 17.6. The number of phosphoric acid groups is 1. The molecule has 1 unspecified atom stereocenters. The number of hydrogen-bond acceptors (Lipinski definition) is 4. The van der Waals surface area contributed by atoms with Crippen LogP contribution in [0.25, 0.3) is 0 Å². The third-order valence-corrected chi connectivity index (χ3v) is 6.52. The zero-order valence-corrected chi connectivity index (χ0v) is 20.0. The molecule has 0 saturated carbocycles. The average molecular weight is 427 g/mol. The maximum atomic E-state index is 11.7. The Labute approximate surface area is 172 Å². The largest absolute Gasteiger partial charge is 0.472 e. The number of thioether (sulfide) groups is 1. The Balaban J connectivity index is 3.31. The first-order chi connectivity index (χ1) is 12.8. The van der Waals surface area contributed by atoms with Gasteiger partial charge in [-0.1, -0.05) is 64.7 Å². The highest BCUT2D eigenvalue weighted by molar-refractivity contribution is 7.99. The lowest BCUT2D eigenvalue weighted by Crippen LogP contribution is -2.37. The highest BCUT2D eigenvalue weighted by atomic mass is 32.2. The number of unbranched alkanes of at least 4 members (excludes halogenated alkanes) is 9. The molecule has 164 valence electrons. The molecule has 0 aliphatic rings. The van der Waals surface area contributed by atoms with E-state index in [2.05, 4.69) is 6.92 Å². The molecule has 0 aromatic heterocycles. The lowest BCUT2D eigenvalue weighted by molar-refractivity contribution is -0.870. The molecule has 0 radical (unpaired) electrons. The predicted octanol–water partition coefficient (Wildman–Crippen LogP) is 5.87. The van der Waals surface area contributed by atoms with Gasteiger partial charge < -0.3 is 9.38 Å². The van der Waals surface area contributed by atoms with Crippen molar-refractivity contribution in [2.45, 2.75) is 77.6 Å². The molecule has 0 aromatic rings. The van der Waals surface area contributed by atoms with E-state index in [1.165, 1.54) is 70.0 Å². The van der Waals surface area contributed by atoms with Crippen molar-refractivity contribution in [3.8, 4) is 0 Å². The number of rotatable bonds is 20. The average Bonchev–Trinajstić information content (AvgIpc) is 2.57. The summed E-state index contributed by atoms with van der Waals surface area (Å²) in [7, 11) is 2.15. The van der Waals surface area contributed by atoms with Gasteiger partial charge in [-0.25, -0.2) is 4.57 Å². The summed E-state index contributed by atoms with van der Waals surface area (Å²) in [5, 5.41) is 0. The van der Waals surface area contributed by atoms with E-state index in [4.69, 9.17) is 9.05 Å². The van der Waals surface area contributed by atoms with Crippen molar-refractivity contribution in [2.24, 2.45) is 0 Å². The summed E-state index contributed by atoms with van der Waals surface area (Å²) >= 11 is 1.91. The molecule has 0 aromatic carbocycles. The van der Waals surface area contributed by atoms with Gasteiger partial charge in [0.1, 0.15) is 13.2 Å². The molecule has 0 aliphatic carbocycles. The summed E-state index contributed by atoms with van der Waals surface area (Å²) in [5.74, 6) is 2.14. The molecule has 1 atom stereocenters. The molecule has 0 amide bonds. The van der Waals surface area contributed by atoms with E-state index < -0.39 is 7.82 Å². The second-order valence-electron chi connectivity index (χ2n) is 8.30. The van der Waals surface area contributed by atoms with Crippen molar-refractivity contribution < 1.29 is 23.0 Å². The summed E-state index contributed by atoms with van der Waals surface area (Å²) in [4.78, 5) is 9.61. The molecule has 0 aliphatic heterocycles. The van der Waals surface area contributed by atoms with E-state index in [1.54, 1.807) is 0 Å². The van der Waals surface area contributed by atoms with Crippen molar-refractivity contribution in [1.82, 2.24) is 0 Å². The Morgan fingerprint density at radius 3 is 1.81 bits per heavy atom. The molecule has 0 bridgehead atoms. The second kappa shape index (κ2) is 17.3. The number of hydrogen-bond donors (Lipinski definition) is 1. The van der Waals surface area contributed by atoms with Gasteiger partial charge in [-0.2, -0.15) is 11.8 Å². The van der Waals surface area contributed by atoms with E-state index in [9.17, 15) is 9.46 Å². The van der Waals surface area contributed by atoms with Crippen LogP contribution in [0.3, 0.4) is 0 Å². The van der Waals surface area contributed by atoms with Crippen LogP contribution in [-0.4, -0.2) is 61.8 Å². The zero-order valence-electron chi connectivity index (χ0n) is 18.3. The SMILES string of the molecule is CCCCCCCCCCCCSCCCOP(=O)(O)OCC[N+](C)(C)C. The quantitative estimate of drug-likeness (QED) is 0.150. The fourth-order valence-corrected chi connectivity index (χ4v) is 4.28. The highest BCUT2D eigenvalue weighted by Crippen LogP contribution is 2.43. The van der Waals surface area contributed by atoms with Gasteiger partial charge >= 0.3 is 7.82 Å². The molecule has 0 spiro atoms. The number of likely N-dealkylation sites (N-methyl/N-ethyl adjacent to an activating group) is 1.